The lowest BCUT2D eigenvalue weighted by atomic mass is 10.3. The molecule has 1 amide bonds. The van der Waals surface area contributed by atoms with Crippen LogP contribution in [0.2, 0.25) is 5.02 Å². The fourth-order valence-corrected chi connectivity index (χ4v) is 2.97. The largest absolute Gasteiger partial charge is 0.464 e. The molecule has 2 aromatic heterocycles. The molecule has 0 aliphatic heterocycles. The molecule has 0 atom stereocenters. The number of para-hydroxylation sites is 2. The second kappa shape index (κ2) is 9.40. The molecule has 3 rings (SSSR count). The van der Waals surface area contributed by atoms with Gasteiger partial charge < -0.3 is 10.1 Å². The summed E-state index contributed by atoms with van der Waals surface area (Å²) in [5.41, 5.74) is 1.78. The normalized spacial score (nSPS) is 10.8. The summed E-state index contributed by atoms with van der Waals surface area (Å²) in [4.78, 5) is 22.8. The minimum atomic E-state index is -0.517. The maximum absolute atomic E-state index is 12.3. The molecule has 0 fully saturated rings. The lowest BCUT2D eigenvalue weighted by Gasteiger charge is -2.07. The van der Waals surface area contributed by atoms with Crippen molar-refractivity contribution in [3.8, 4) is 5.75 Å². The molecular formula is C19H21ClN6O4. The molecule has 2 heterocycles. The van der Waals surface area contributed by atoms with Crippen molar-refractivity contribution in [2.24, 2.45) is 0 Å². The SMILES string of the molecule is Cc1nn(CCCNC(=O)c2ccn(COc3ccccc3[N+](=O)[O-])n2)c(C)c1Cl. The third-order valence-corrected chi connectivity index (χ3v) is 4.96. The maximum Gasteiger partial charge on any atom is 0.311 e. The van der Waals surface area contributed by atoms with Gasteiger partial charge in [-0.2, -0.15) is 10.2 Å². The van der Waals surface area contributed by atoms with Gasteiger partial charge in [-0.05, 0) is 32.4 Å². The number of nitro benzene ring substituents is 1. The van der Waals surface area contributed by atoms with Gasteiger partial charge in [0.2, 0.25) is 0 Å². The molecule has 158 valence electrons. The van der Waals surface area contributed by atoms with Crippen LogP contribution >= 0.6 is 11.6 Å². The van der Waals surface area contributed by atoms with E-state index in [2.05, 4.69) is 15.5 Å². The first-order chi connectivity index (χ1) is 14.4. The molecule has 0 saturated heterocycles. The van der Waals surface area contributed by atoms with Gasteiger partial charge in [0, 0.05) is 25.4 Å². The van der Waals surface area contributed by atoms with E-state index in [9.17, 15) is 14.9 Å². The Morgan fingerprint density at radius 2 is 2.03 bits per heavy atom. The Hall–Kier alpha value is -3.40. The van der Waals surface area contributed by atoms with E-state index in [0.29, 0.717) is 24.5 Å². The quantitative estimate of drug-likeness (QED) is 0.315. The first kappa shape index (κ1) is 21.3. The van der Waals surface area contributed by atoms with Crippen LogP contribution in [0.3, 0.4) is 0 Å². The van der Waals surface area contributed by atoms with Crippen LogP contribution in [-0.4, -0.2) is 36.9 Å². The zero-order chi connectivity index (χ0) is 21.7. The Morgan fingerprint density at radius 3 is 2.73 bits per heavy atom. The minimum Gasteiger partial charge on any atom is -0.464 e. The Bertz CT molecular complexity index is 1060. The monoisotopic (exact) mass is 432 g/mol. The Balaban J connectivity index is 1.48. The van der Waals surface area contributed by atoms with Crippen molar-refractivity contribution < 1.29 is 14.5 Å². The van der Waals surface area contributed by atoms with Crippen LogP contribution in [-0.2, 0) is 13.3 Å². The molecule has 3 aromatic rings. The van der Waals surface area contributed by atoms with Crippen molar-refractivity contribution >= 4 is 23.2 Å². The zero-order valence-electron chi connectivity index (χ0n) is 16.5. The van der Waals surface area contributed by atoms with E-state index in [1.165, 1.54) is 16.8 Å². The fraction of sp³-hybridized carbons (Fsp3) is 0.316. The smallest absolute Gasteiger partial charge is 0.311 e. The molecule has 10 nitrogen and oxygen atoms in total. The van der Waals surface area contributed by atoms with E-state index < -0.39 is 4.92 Å². The number of hydrogen-bond donors (Lipinski definition) is 1. The Kier molecular flexibility index (Phi) is 6.68. The zero-order valence-corrected chi connectivity index (χ0v) is 17.3. The van der Waals surface area contributed by atoms with Gasteiger partial charge in [0.25, 0.3) is 5.91 Å². The Morgan fingerprint density at radius 1 is 1.27 bits per heavy atom. The highest BCUT2D eigenvalue weighted by Gasteiger charge is 2.15. The van der Waals surface area contributed by atoms with Crippen LogP contribution in [0.15, 0.2) is 36.5 Å². The van der Waals surface area contributed by atoms with Gasteiger partial charge in [0.05, 0.1) is 21.3 Å². The topological polar surface area (TPSA) is 117 Å². The minimum absolute atomic E-state index is 0.0587. The Labute approximate surface area is 177 Å². The van der Waals surface area contributed by atoms with E-state index in [1.807, 2.05) is 18.5 Å². The molecule has 11 heteroatoms. The summed E-state index contributed by atoms with van der Waals surface area (Å²) >= 11 is 6.13. The van der Waals surface area contributed by atoms with Crippen molar-refractivity contribution in [2.45, 2.75) is 33.5 Å². The summed E-state index contributed by atoms with van der Waals surface area (Å²) < 4.78 is 8.66. The number of carbonyl (C=O) groups is 1. The van der Waals surface area contributed by atoms with Gasteiger partial charge in [-0.15, -0.1) is 0 Å². The second-order valence-corrected chi connectivity index (χ2v) is 6.93. The van der Waals surface area contributed by atoms with Crippen molar-refractivity contribution in [1.29, 1.82) is 0 Å². The number of carbonyl (C=O) groups excluding carboxylic acids is 1. The molecule has 0 spiro atoms. The molecule has 0 saturated carbocycles. The predicted octanol–water partition coefficient (Wildman–Crippen LogP) is 3.11. The first-order valence-corrected chi connectivity index (χ1v) is 9.62. The van der Waals surface area contributed by atoms with Crippen LogP contribution in [0.1, 0.15) is 28.3 Å². The highest BCUT2D eigenvalue weighted by Crippen LogP contribution is 2.26. The number of ether oxygens (including phenoxy) is 1. The summed E-state index contributed by atoms with van der Waals surface area (Å²) in [6.07, 6.45) is 2.26. The number of aromatic nitrogens is 4. The second-order valence-electron chi connectivity index (χ2n) is 6.56. The number of aryl methyl sites for hydroxylation is 2. The molecule has 1 aromatic carbocycles. The number of nitrogens with zero attached hydrogens (tertiary/aromatic N) is 5. The third kappa shape index (κ3) is 4.95. The molecule has 0 aliphatic carbocycles. The lowest BCUT2D eigenvalue weighted by molar-refractivity contribution is -0.386. The van der Waals surface area contributed by atoms with Crippen molar-refractivity contribution in [1.82, 2.24) is 24.9 Å². The van der Waals surface area contributed by atoms with E-state index in [4.69, 9.17) is 16.3 Å². The van der Waals surface area contributed by atoms with E-state index in [0.717, 1.165) is 11.4 Å². The summed E-state index contributed by atoms with van der Waals surface area (Å²) in [6, 6.07) is 7.62. The van der Waals surface area contributed by atoms with Crippen molar-refractivity contribution in [3.05, 3.63) is 68.7 Å². The summed E-state index contributed by atoms with van der Waals surface area (Å²) in [7, 11) is 0. The maximum atomic E-state index is 12.3. The molecule has 0 bridgehead atoms. The van der Waals surface area contributed by atoms with Crippen molar-refractivity contribution in [2.75, 3.05) is 6.54 Å². The third-order valence-electron chi connectivity index (χ3n) is 4.41. The highest BCUT2D eigenvalue weighted by molar-refractivity contribution is 6.31. The molecule has 0 aliphatic rings. The number of amides is 1. The van der Waals surface area contributed by atoms with Gasteiger partial charge in [-0.3, -0.25) is 19.6 Å². The predicted molar refractivity (Wildman–Crippen MR) is 110 cm³/mol. The van der Waals surface area contributed by atoms with Crippen LogP contribution in [0.5, 0.6) is 5.75 Å². The number of nitrogens with one attached hydrogen (secondary N) is 1. The molecular weight excluding hydrogens is 412 g/mol. The highest BCUT2D eigenvalue weighted by atomic mass is 35.5. The van der Waals surface area contributed by atoms with Gasteiger partial charge in [-0.25, -0.2) is 4.68 Å². The number of nitro groups is 1. The summed E-state index contributed by atoms with van der Waals surface area (Å²) in [6.45, 7) is 4.78. The van der Waals surface area contributed by atoms with E-state index >= 15 is 0 Å². The van der Waals surface area contributed by atoms with Crippen LogP contribution in [0, 0.1) is 24.0 Å². The number of halogens is 1. The molecule has 0 radical (unpaired) electrons. The fourth-order valence-electron chi connectivity index (χ4n) is 2.83. The van der Waals surface area contributed by atoms with Crippen LogP contribution in [0.25, 0.3) is 0 Å². The van der Waals surface area contributed by atoms with Crippen molar-refractivity contribution in [3.63, 3.8) is 0 Å². The average Bonchev–Trinajstić information content (AvgIpc) is 3.30. The van der Waals surface area contributed by atoms with E-state index in [1.54, 1.807) is 24.4 Å². The summed E-state index contributed by atoms with van der Waals surface area (Å²) in [5, 5.41) is 23.0. The van der Waals surface area contributed by atoms with E-state index in [-0.39, 0.29) is 29.8 Å². The molecule has 1 N–H and O–H groups in total. The lowest BCUT2D eigenvalue weighted by Crippen LogP contribution is -2.26. The standard InChI is InChI=1S/C19H21ClN6O4/c1-13-18(20)14(2)25(22-13)10-5-9-21-19(27)15-8-11-24(23-15)12-30-17-7-4-3-6-16(17)26(28)29/h3-4,6-8,11H,5,9-10,12H2,1-2H3,(H,21,27). The van der Waals surface area contributed by atoms with Crippen LogP contribution < -0.4 is 10.1 Å². The molecule has 0 unspecified atom stereocenters. The van der Waals surface area contributed by atoms with Gasteiger partial charge in [-0.1, -0.05) is 23.7 Å². The number of hydrogen-bond acceptors (Lipinski definition) is 6. The summed E-state index contributed by atoms with van der Waals surface area (Å²) in [5.74, 6) is -0.181. The first-order valence-electron chi connectivity index (χ1n) is 9.24. The van der Waals surface area contributed by atoms with Gasteiger partial charge >= 0.3 is 5.69 Å². The number of benzene rings is 1. The van der Waals surface area contributed by atoms with Crippen LogP contribution in [0.4, 0.5) is 5.69 Å². The average molecular weight is 433 g/mol. The molecule has 30 heavy (non-hydrogen) atoms. The van der Waals surface area contributed by atoms with Gasteiger partial charge in [0.1, 0.15) is 5.69 Å². The van der Waals surface area contributed by atoms with Gasteiger partial charge in [0.15, 0.2) is 12.5 Å². The number of rotatable bonds is 9.